The Morgan fingerprint density at radius 3 is 2.68 bits per heavy atom. The number of nitrogens with one attached hydrogen (secondary N) is 2. The van der Waals surface area contributed by atoms with Crippen LogP contribution in [-0.2, 0) is 20.5 Å². The molecule has 0 atom stereocenters. The fourth-order valence-electron chi connectivity index (χ4n) is 2.84. The molecule has 0 saturated carbocycles. The zero-order valence-corrected chi connectivity index (χ0v) is 16.5. The van der Waals surface area contributed by atoms with Gasteiger partial charge in [-0.2, -0.15) is 4.98 Å². The van der Waals surface area contributed by atoms with E-state index in [4.69, 9.17) is 4.74 Å². The molecule has 1 aromatic heterocycles. The number of aromatic nitrogens is 2. The molecule has 2 aromatic rings. The van der Waals surface area contributed by atoms with Crippen LogP contribution in [0, 0.1) is 12.7 Å². The predicted octanol–water partition coefficient (Wildman–Crippen LogP) is 1.29. The number of hydrogen-bond donors (Lipinski definition) is 2. The highest BCUT2D eigenvalue weighted by Crippen LogP contribution is 2.16. The van der Waals surface area contributed by atoms with Gasteiger partial charge in [0.2, 0.25) is 16.0 Å². The first-order valence-corrected chi connectivity index (χ1v) is 10.7. The molecule has 1 fully saturated rings. The van der Waals surface area contributed by atoms with E-state index in [1.807, 2.05) is 13.0 Å². The number of nitrogens with zero attached hydrogens (tertiary/aromatic N) is 3. The molecule has 0 radical (unpaired) electrons. The smallest absolute Gasteiger partial charge is 0.224 e. The van der Waals surface area contributed by atoms with E-state index in [1.165, 1.54) is 18.2 Å². The first-order valence-electron chi connectivity index (χ1n) is 9.06. The highest BCUT2D eigenvalue weighted by atomic mass is 32.2. The van der Waals surface area contributed by atoms with Gasteiger partial charge in [-0.25, -0.2) is 22.5 Å². The van der Waals surface area contributed by atoms with Crippen molar-refractivity contribution >= 4 is 21.8 Å². The minimum absolute atomic E-state index is 0.139. The summed E-state index contributed by atoms with van der Waals surface area (Å²) in [5.41, 5.74) is 0.958. The number of aryl methyl sites for hydroxylation is 1. The molecule has 152 valence electrons. The molecule has 28 heavy (non-hydrogen) atoms. The summed E-state index contributed by atoms with van der Waals surface area (Å²) in [4.78, 5) is 11.0. The van der Waals surface area contributed by atoms with Crippen LogP contribution in [0.15, 0.2) is 30.3 Å². The molecule has 0 bridgehead atoms. The van der Waals surface area contributed by atoms with Crippen LogP contribution in [0.4, 0.5) is 16.2 Å². The highest BCUT2D eigenvalue weighted by Gasteiger charge is 2.15. The average molecular weight is 409 g/mol. The number of anilines is 2. The van der Waals surface area contributed by atoms with E-state index in [2.05, 4.69) is 24.9 Å². The molecule has 2 heterocycles. The predicted molar refractivity (Wildman–Crippen MR) is 105 cm³/mol. The van der Waals surface area contributed by atoms with E-state index in [9.17, 15) is 12.8 Å². The molecule has 0 spiro atoms. The third-order valence-electron chi connectivity index (χ3n) is 4.21. The fraction of sp³-hybridized carbons (Fsp3) is 0.444. The number of rotatable bonds is 8. The average Bonchev–Trinajstić information content (AvgIpc) is 2.67. The van der Waals surface area contributed by atoms with Crippen LogP contribution in [0.1, 0.15) is 11.3 Å². The summed E-state index contributed by atoms with van der Waals surface area (Å²) in [6.07, 6.45) is 0. The molecule has 3 rings (SSSR count). The van der Waals surface area contributed by atoms with Crippen LogP contribution in [0.5, 0.6) is 0 Å². The molecule has 1 saturated heterocycles. The van der Waals surface area contributed by atoms with E-state index in [1.54, 1.807) is 6.07 Å². The van der Waals surface area contributed by atoms with Crippen LogP contribution < -0.4 is 14.9 Å². The van der Waals surface area contributed by atoms with E-state index in [-0.39, 0.29) is 12.1 Å². The van der Waals surface area contributed by atoms with Crippen molar-refractivity contribution < 1.29 is 17.5 Å². The molecule has 0 aliphatic carbocycles. The van der Waals surface area contributed by atoms with Crippen molar-refractivity contribution in [2.24, 2.45) is 0 Å². The van der Waals surface area contributed by atoms with Crippen molar-refractivity contribution in [1.29, 1.82) is 0 Å². The zero-order chi connectivity index (χ0) is 20.0. The Bertz CT molecular complexity index is 904. The van der Waals surface area contributed by atoms with E-state index in [0.717, 1.165) is 24.6 Å². The Morgan fingerprint density at radius 2 is 1.93 bits per heavy atom. The van der Waals surface area contributed by atoms with Gasteiger partial charge in [-0.1, -0.05) is 18.2 Å². The molecule has 1 aromatic carbocycles. The van der Waals surface area contributed by atoms with Crippen molar-refractivity contribution in [1.82, 2.24) is 14.7 Å². The first kappa shape index (κ1) is 20.4. The summed E-state index contributed by atoms with van der Waals surface area (Å²) >= 11 is 0. The Labute approximate surface area is 164 Å². The van der Waals surface area contributed by atoms with Crippen LogP contribution in [0.25, 0.3) is 0 Å². The highest BCUT2D eigenvalue weighted by molar-refractivity contribution is 7.88. The Morgan fingerprint density at radius 1 is 1.18 bits per heavy atom. The lowest BCUT2D eigenvalue weighted by atomic mass is 10.2. The van der Waals surface area contributed by atoms with Crippen LogP contribution >= 0.6 is 0 Å². The number of hydrogen-bond acceptors (Lipinski definition) is 7. The summed E-state index contributed by atoms with van der Waals surface area (Å²) < 4.78 is 45.7. The lowest BCUT2D eigenvalue weighted by molar-refractivity contribution is 0.122. The number of ether oxygens (including phenoxy) is 1. The normalized spacial score (nSPS) is 14.9. The van der Waals surface area contributed by atoms with Gasteiger partial charge in [0.15, 0.2) is 0 Å². The van der Waals surface area contributed by atoms with Crippen molar-refractivity contribution in [3.8, 4) is 0 Å². The Balaban J connectivity index is 1.52. The second kappa shape index (κ2) is 9.26. The van der Waals surface area contributed by atoms with E-state index < -0.39 is 21.6 Å². The summed E-state index contributed by atoms with van der Waals surface area (Å²) in [5, 5.41) is 3.03. The van der Waals surface area contributed by atoms with Crippen LogP contribution in [-0.4, -0.2) is 57.8 Å². The maximum absolute atomic E-state index is 13.6. The minimum atomic E-state index is -3.64. The number of morpholine rings is 1. The Kier molecular flexibility index (Phi) is 6.76. The quantitative estimate of drug-likeness (QED) is 0.634. The van der Waals surface area contributed by atoms with Gasteiger partial charge in [0.25, 0.3) is 0 Å². The lowest BCUT2D eigenvalue weighted by Crippen LogP contribution is -2.37. The first-order chi connectivity index (χ1) is 13.4. The van der Waals surface area contributed by atoms with Gasteiger partial charge in [0.05, 0.1) is 19.0 Å². The summed E-state index contributed by atoms with van der Waals surface area (Å²) in [6.45, 7) is 5.19. The SMILES string of the molecule is Cc1cc(N2CCOCC2)nc(NCCNS(=O)(=O)Cc2ccccc2F)n1. The van der Waals surface area contributed by atoms with Crippen molar-refractivity contribution in [3.05, 3.63) is 47.4 Å². The maximum Gasteiger partial charge on any atom is 0.224 e. The molecule has 0 unspecified atom stereocenters. The van der Waals surface area contributed by atoms with Crippen molar-refractivity contribution in [3.63, 3.8) is 0 Å². The zero-order valence-electron chi connectivity index (χ0n) is 15.7. The second-order valence-corrected chi connectivity index (χ2v) is 8.27. The van der Waals surface area contributed by atoms with Gasteiger partial charge in [-0.3, -0.25) is 0 Å². The summed E-state index contributed by atoms with van der Waals surface area (Å²) in [7, 11) is -3.64. The molecule has 8 nitrogen and oxygen atoms in total. The maximum atomic E-state index is 13.6. The van der Waals surface area contributed by atoms with Gasteiger partial charge in [0.1, 0.15) is 11.6 Å². The minimum Gasteiger partial charge on any atom is -0.378 e. The number of benzene rings is 1. The Hall–Kier alpha value is -2.30. The molecular weight excluding hydrogens is 385 g/mol. The van der Waals surface area contributed by atoms with Gasteiger partial charge in [-0.05, 0) is 13.0 Å². The summed E-state index contributed by atoms with van der Waals surface area (Å²) in [6, 6.07) is 7.74. The third-order valence-corrected chi connectivity index (χ3v) is 5.54. The monoisotopic (exact) mass is 409 g/mol. The van der Waals surface area contributed by atoms with E-state index in [0.29, 0.717) is 25.7 Å². The third kappa shape index (κ3) is 5.85. The standard InChI is InChI=1S/C18H24FN5O3S/c1-14-12-17(24-8-10-27-11-9-24)23-18(22-14)20-6-7-21-28(25,26)13-15-4-2-3-5-16(15)19/h2-5,12,21H,6-11,13H2,1H3,(H,20,22,23). The van der Waals surface area contributed by atoms with Gasteiger partial charge in [-0.15, -0.1) is 0 Å². The van der Waals surface area contributed by atoms with Crippen molar-refractivity contribution in [2.45, 2.75) is 12.7 Å². The van der Waals surface area contributed by atoms with Gasteiger partial charge in [0, 0.05) is 43.5 Å². The van der Waals surface area contributed by atoms with Gasteiger partial charge >= 0.3 is 0 Å². The summed E-state index contributed by atoms with van der Waals surface area (Å²) in [5.74, 6) is 0.324. The largest absolute Gasteiger partial charge is 0.378 e. The topological polar surface area (TPSA) is 96.5 Å². The van der Waals surface area contributed by atoms with Gasteiger partial charge < -0.3 is 15.0 Å². The molecule has 2 N–H and O–H groups in total. The molecular formula is C18H24FN5O3S. The fourth-order valence-corrected chi connectivity index (χ4v) is 4.00. The molecule has 0 amide bonds. The molecule has 1 aliphatic heterocycles. The second-order valence-electron chi connectivity index (χ2n) is 6.46. The lowest BCUT2D eigenvalue weighted by Gasteiger charge is -2.28. The van der Waals surface area contributed by atoms with Crippen LogP contribution in [0.2, 0.25) is 0 Å². The van der Waals surface area contributed by atoms with Crippen LogP contribution in [0.3, 0.4) is 0 Å². The van der Waals surface area contributed by atoms with Crippen molar-refractivity contribution in [2.75, 3.05) is 49.6 Å². The molecule has 1 aliphatic rings. The number of halogens is 1. The molecule has 10 heteroatoms. The number of sulfonamides is 1. The van der Waals surface area contributed by atoms with E-state index >= 15 is 0 Å².